The lowest BCUT2D eigenvalue weighted by atomic mass is 10.0. The predicted octanol–water partition coefficient (Wildman–Crippen LogP) is 2.40. The zero-order chi connectivity index (χ0) is 10.7. The molecule has 0 saturated carbocycles. The van der Waals surface area contributed by atoms with Crippen molar-refractivity contribution in [3.8, 4) is 6.07 Å². The van der Waals surface area contributed by atoms with Gasteiger partial charge in [-0.1, -0.05) is 17.7 Å². The molecule has 0 heterocycles. The van der Waals surface area contributed by atoms with Crippen LogP contribution in [0.1, 0.15) is 24.0 Å². The second kappa shape index (κ2) is 4.12. The summed E-state index contributed by atoms with van der Waals surface area (Å²) in [6, 6.07) is 6.53. The third-order valence-corrected chi connectivity index (χ3v) is 2.29. The molecule has 0 bridgehead atoms. The Kier molecular flexibility index (Phi) is 3.10. The average molecular weight is 210 g/mol. The smallest absolute Gasteiger partial charge is 0.310 e. The molecule has 72 valence electrons. The van der Waals surface area contributed by atoms with Crippen molar-refractivity contribution in [2.45, 2.75) is 12.8 Å². The molecule has 3 nitrogen and oxygen atoms in total. The number of nitriles is 1. The number of aliphatic carboxylic acids is 1. The molecule has 0 aliphatic carbocycles. The van der Waals surface area contributed by atoms with Gasteiger partial charge in [-0.15, -0.1) is 0 Å². The highest BCUT2D eigenvalue weighted by atomic mass is 35.5. The first-order valence-corrected chi connectivity index (χ1v) is 4.36. The van der Waals surface area contributed by atoms with Crippen molar-refractivity contribution in [3.63, 3.8) is 0 Å². The van der Waals surface area contributed by atoms with Gasteiger partial charge < -0.3 is 5.11 Å². The number of benzene rings is 1. The number of nitrogens with zero attached hydrogens (tertiary/aromatic N) is 1. The van der Waals surface area contributed by atoms with Gasteiger partial charge in [0.2, 0.25) is 0 Å². The van der Waals surface area contributed by atoms with Crippen LogP contribution in [0.25, 0.3) is 0 Å². The van der Waals surface area contributed by atoms with E-state index in [9.17, 15) is 4.79 Å². The highest BCUT2D eigenvalue weighted by Gasteiger charge is 2.16. The van der Waals surface area contributed by atoms with Gasteiger partial charge in [-0.3, -0.25) is 4.79 Å². The molecule has 0 fully saturated rings. The van der Waals surface area contributed by atoms with Gasteiger partial charge in [-0.05, 0) is 24.6 Å². The summed E-state index contributed by atoms with van der Waals surface area (Å²) in [5.74, 6) is -1.59. The SMILES string of the molecule is CC(C(=O)O)c1ccc(C#N)cc1Cl. The fourth-order valence-corrected chi connectivity index (χ4v) is 1.43. The Labute approximate surface area is 86.5 Å². The van der Waals surface area contributed by atoms with Crippen LogP contribution in [-0.2, 0) is 4.79 Å². The van der Waals surface area contributed by atoms with Gasteiger partial charge in [0, 0.05) is 5.02 Å². The molecule has 14 heavy (non-hydrogen) atoms. The maximum absolute atomic E-state index is 10.7. The van der Waals surface area contributed by atoms with E-state index < -0.39 is 11.9 Å². The lowest BCUT2D eigenvalue weighted by molar-refractivity contribution is -0.138. The fourth-order valence-electron chi connectivity index (χ4n) is 1.08. The zero-order valence-corrected chi connectivity index (χ0v) is 8.25. The maximum atomic E-state index is 10.7. The first-order chi connectivity index (χ1) is 6.56. The monoisotopic (exact) mass is 209 g/mol. The molecular formula is C10H8ClNO2. The van der Waals surface area contributed by atoms with Crippen LogP contribution in [0, 0.1) is 11.3 Å². The quantitative estimate of drug-likeness (QED) is 0.814. The Morgan fingerprint density at radius 1 is 1.64 bits per heavy atom. The molecule has 4 heteroatoms. The van der Waals surface area contributed by atoms with Crippen LogP contribution in [0.2, 0.25) is 5.02 Å². The minimum atomic E-state index is -0.934. The molecule has 1 atom stereocenters. The molecule has 1 rings (SSSR count). The minimum absolute atomic E-state index is 0.318. The van der Waals surface area contributed by atoms with Gasteiger partial charge in [-0.2, -0.15) is 5.26 Å². The summed E-state index contributed by atoms with van der Waals surface area (Å²) >= 11 is 5.83. The van der Waals surface area contributed by atoms with E-state index in [0.29, 0.717) is 16.1 Å². The van der Waals surface area contributed by atoms with E-state index in [1.165, 1.54) is 6.07 Å². The molecule has 0 aromatic heterocycles. The van der Waals surface area contributed by atoms with Gasteiger partial charge in [0.15, 0.2) is 0 Å². The summed E-state index contributed by atoms with van der Waals surface area (Å²) in [6.45, 7) is 1.55. The summed E-state index contributed by atoms with van der Waals surface area (Å²) in [4.78, 5) is 10.7. The molecular weight excluding hydrogens is 202 g/mol. The Morgan fingerprint density at radius 2 is 2.29 bits per heavy atom. The van der Waals surface area contributed by atoms with Crippen molar-refractivity contribution in [1.82, 2.24) is 0 Å². The lowest BCUT2D eigenvalue weighted by Crippen LogP contribution is -2.07. The summed E-state index contributed by atoms with van der Waals surface area (Å²) in [5, 5.41) is 17.7. The van der Waals surface area contributed by atoms with Crippen LogP contribution in [0.5, 0.6) is 0 Å². The molecule has 0 aliphatic rings. The zero-order valence-electron chi connectivity index (χ0n) is 7.49. The van der Waals surface area contributed by atoms with E-state index in [1.54, 1.807) is 19.1 Å². The minimum Gasteiger partial charge on any atom is -0.481 e. The van der Waals surface area contributed by atoms with Crippen molar-refractivity contribution in [1.29, 1.82) is 5.26 Å². The van der Waals surface area contributed by atoms with E-state index in [-0.39, 0.29) is 0 Å². The number of halogens is 1. The van der Waals surface area contributed by atoms with Crippen molar-refractivity contribution in [3.05, 3.63) is 34.3 Å². The van der Waals surface area contributed by atoms with Crippen LogP contribution >= 0.6 is 11.6 Å². The maximum Gasteiger partial charge on any atom is 0.310 e. The normalized spacial score (nSPS) is 11.8. The first-order valence-electron chi connectivity index (χ1n) is 3.98. The van der Waals surface area contributed by atoms with Crippen LogP contribution in [0.3, 0.4) is 0 Å². The number of rotatable bonds is 2. The van der Waals surface area contributed by atoms with Gasteiger partial charge in [0.1, 0.15) is 0 Å². The molecule has 0 aliphatic heterocycles. The number of hydrogen-bond donors (Lipinski definition) is 1. The Morgan fingerprint density at radius 3 is 2.71 bits per heavy atom. The number of carboxylic acid groups (broad SMARTS) is 1. The molecule has 0 saturated heterocycles. The van der Waals surface area contributed by atoms with Crippen LogP contribution < -0.4 is 0 Å². The number of carboxylic acids is 1. The van der Waals surface area contributed by atoms with E-state index in [2.05, 4.69) is 0 Å². The molecule has 1 aromatic carbocycles. The molecule has 0 amide bonds. The molecule has 1 aromatic rings. The highest BCUT2D eigenvalue weighted by Crippen LogP contribution is 2.25. The topological polar surface area (TPSA) is 61.1 Å². The molecule has 1 unspecified atom stereocenters. The van der Waals surface area contributed by atoms with Crippen LogP contribution in [0.4, 0.5) is 0 Å². The number of hydrogen-bond acceptors (Lipinski definition) is 2. The van der Waals surface area contributed by atoms with Gasteiger partial charge in [0.25, 0.3) is 0 Å². The lowest BCUT2D eigenvalue weighted by Gasteiger charge is -2.08. The predicted molar refractivity (Wildman–Crippen MR) is 52.2 cm³/mol. The Hall–Kier alpha value is -1.53. The first kappa shape index (κ1) is 10.6. The Bertz CT molecular complexity index is 409. The second-order valence-corrected chi connectivity index (χ2v) is 3.32. The van der Waals surface area contributed by atoms with Gasteiger partial charge >= 0.3 is 5.97 Å². The molecule has 0 radical (unpaired) electrons. The Balaban J connectivity index is 3.13. The van der Waals surface area contributed by atoms with Crippen molar-refractivity contribution >= 4 is 17.6 Å². The molecule has 1 N–H and O–H groups in total. The molecule has 0 spiro atoms. The van der Waals surface area contributed by atoms with Crippen LogP contribution in [0.15, 0.2) is 18.2 Å². The summed E-state index contributed by atoms with van der Waals surface area (Å²) in [6.07, 6.45) is 0. The van der Waals surface area contributed by atoms with E-state index in [0.717, 1.165) is 0 Å². The van der Waals surface area contributed by atoms with Crippen molar-refractivity contribution < 1.29 is 9.90 Å². The van der Waals surface area contributed by atoms with Crippen LogP contribution in [-0.4, -0.2) is 11.1 Å². The summed E-state index contributed by atoms with van der Waals surface area (Å²) < 4.78 is 0. The fraction of sp³-hybridized carbons (Fsp3) is 0.200. The second-order valence-electron chi connectivity index (χ2n) is 2.91. The number of carbonyl (C=O) groups is 1. The third kappa shape index (κ3) is 2.04. The van der Waals surface area contributed by atoms with Crippen molar-refractivity contribution in [2.24, 2.45) is 0 Å². The van der Waals surface area contributed by atoms with Gasteiger partial charge in [0.05, 0.1) is 17.6 Å². The summed E-state index contributed by atoms with van der Waals surface area (Å²) in [5.41, 5.74) is 0.953. The standard InChI is InChI=1S/C10H8ClNO2/c1-6(10(13)14)8-3-2-7(5-12)4-9(8)11/h2-4,6H,1H3,(H,13,14). The van der Waals surface area contributed by atoms with E-state index in [4.69, 9.17) is 22.0 Å². The van der Waals surface area contributed by atoms with E-state index in [1.807, 2.05) is 6.07 Å². The van der Waals surface area contributed by atoms with Crippen molar-refractivity contribution in [2.75, 3.05) is 0 Å². The largest absolute Gasteiger partial charge is 0.481 e. The third-order valence-electron chi connectivity index (χ3n) is 1.97. The van der Waals surface area contributed by atoms with E-state index >= 15 is 0 Å². The summed E-state index contributed by atoms with van der Waals surface area (Å²) in [7, 11) is 0. The highest BCUT2D eigenvalue weighted by molar-refractivity contribution is 6.31. The average Bonchev–Trinajstić information content (AvgIpc) is 2.16. The van der Waals surface area contributed by atoms with Gasteiger partial charge in [-0.25, -0.2) is 0 Å².